The number of rotatable bonds is 6. The van der Waals surface area contributed by atoms with Crippen molar-refractivity contribution in [1.82, 2.24) is 9.88 Å². The Kier molecular flexibility index (Phi) is 6.48. The first kappa shape index (κ1) is 24.7. The molecule has 0 aliphatic carbocycles. The molecule has 0 bridgehead atoms. The molecule has 1 amide bonds. The Morgan fingerprint density at radius 1 is 0.974 bits per heavy atom. The van der Waals surface area contributed by atoms with Crippen LogP contribution in [0, 0.1) is 0 Å². The number of carbonyl (C=O) groups excluding carboxylic acids is 1. The topological polar surface area (TPSA) is 91.4 Å². The monoisotopic (exact) mass is 560 g/mol. The van der Waals surface area contributed by atoms with Gasteiger partial charge < -0.3 is 10.2 Å². The lowest BCUT2D eigenvalue weighted by atomic mass is 10.0. The highest BCUT2D eigenvalue weighted by atomic mass is 32.2. The maximum Gasteiger partial charge on any atom is 0.261 e. The molecule has 0 saturated carbocycles. The van der Waals surface area contributed by atoms with Crippen molar-refractivity contribution >= 4 is 59.5 Å². The van der Waals surface area contributed by atoms with E-state index in [9.17, 15) is 13.2 Å². The smallest absolute Gasteiger partial charge is 0.261 e. The predicted octanol–water partition coefficient (Wildman–Crippen LogP) is 6.07. The molecule has 38 heavy (non-hydrogen) atoms. The Bertz CT molecular complexity index is 1730. The SMILES string of the molecule is CN1CCc2c(sc(NC(=O)c3cccc(NS(=O)(=O)c4ccccc4)c3)c2-c2nc3ccccc3s2)C1. The average molecular weight is 561 g/mol. The van der Waals surface area contributed by atoms with E-state index in [4.69, 9.17) is 4.98 Å². The number of amides is 1. The van der Waals surface area contributed by atoms with Crippen LogP contribution in [-0.4, -0.2) is 37.8 Å². The number of thiazole rings is 1. The third-order valence-electron chi connectivity index (χ3n) is 6.41. The zero-order chi connectivity index (χ0) is 26.3. The summed E-state index contributed by atoms with van der Waals surface area (Å²) in [5.74, 6) is -0.305. The number of benzene rings is 3. The van der Waals surface area contributed by atoms with Crippen LogP contribution in [0.3, 0.4) is 0 Å². The van der Waals surface area contributed by atoms with E-state index in [0.717, 1.165) is 45.3 Å². The number of hydrogen-bond donors (Lipinski definition) is 2. The third kappa shape index (κ3) is 4.83. The van der Waals surface area contributed by atoms with E-state index in [1.165, 1.54) is 22.6 Å². The third-order valence-corrected chi connectivity index (χ3v) is 10.00. The van der Waals surface area contributed by atoms with Crippen LogP contribution in [0.5, 0.6) is 0 Å². The predicted molar refractivity (Wildman–Crippen MR) is 155 cm³/mol. The second-order valence-electron chi connectivity index (χ2n) is 9.14. The Balaban J connectivity index is 1.32. The van der Waals surface area contributed by atoms with Crippen molar-refractivity contribution in [2.75, 3.05) is 23.6 Å². The summed E-state index contributed by atoms with van der Waals surface area (Å²) in [4.78, 5) is 22.0. The van der Waals surface area contributed by atoms with Crippen LogP contribution in [0.1, 0.15) is 20.8 Å². The maximum absolute atomic E-state index is 13.4. The minimum absolute atomic E-state index is 0.157. The fourth-order valence-electron chi connectivity index (χ4n) is 4.54. The first-order valence-corrected chi connectivity index (χ1v) is 15.2. The molecular weight excluding hydrogens is 537 g/mol. The zero-order valence-corrected chi connectivity index (χ0v) is 22.9. The minimum Gasteiger partial charge on any atom is -0.313 e. The number of aromatic nitrogens is 1. The van der Waals surface area contributed by atoms with Gasteiger partial charge in [0.2, 0.25) is 0 Å². The summed E-state index contributed by atoms with van der Waals surface area (Å²) < 4.78 is 29.2. The Labute approximate surface area is 228 Å². The van der Waals surface area contributed by atoms with Crippen molar-refractivity contribution in [1.29, 1.82) is 0 Å². The molecule has 3 aromatic carbocycles. The van der Waals surface area contributed by atoms with Gasteiger partial charge in [-0.3, -0.25) is 9.52 Å². The van der Waals surface area contributed by atoms with Crippen molar-refractivity contribution in [2.24, 2.45) is 0 Å². The number of nitrogens with zero attached hydrogens (tertiary/aromatic N) is 2. The molecule has 0 unspecified atom stereocenters. The molecule has 2 aromatic heterocycles. The fourth-order valence-corrected chi connectivity index (χ4v) is 8.04. The van der Waals surface area contributed by atoms with Gasteiger partial charge >= 0.3 is 0 Å². The molecule has 5 aromatic rings. The molecule has 0 atom stereocenters. The van der Waals surface area contributed by atoms with Gasteiger partial charge in [0, 0.05) is 34.8 Å². The molecule has 0 radical (unpaired) electrons. The lowest BCUT2D eigenvalue weighted by Gasteiger charge is -2.22. The lowest BCUT2D eigenvalue weighted by molar-refractivity contribution is 0.102. The minimum atomic E-state index is -3.77. The van der Waals surface area contributed by atoms with Crippen LogP contribution in [0.25, 0.3) is 20.8 Å². The van der Waals surface area contributed by atoms with Gasteiger partial charge in [-0.1, -0.05) is 36.4 Å². The molecule has 1 aliphatic rings. The number of sulfonamides is 1. The number of nitrogens with one attached hydrogen (secondary N) is 2. The molecule has 3 heterocycles. The highest BCUT2D eigenvalue weighted by Gasteiger charge is 2.27. The summed E-state index contributed by atoms with van der Waals surface area (Å²) in [6.45, 7) is 1.77. The van der Waals surface area contributed by atoms with Crippen LogP contribution in [-0.2, 0) is 23.0 Å². The van der Waals surface area contributed by atoms with Gasteiger partial charge in [-0.25, -0.2) is 13.4 Å². The van der Waals surface area contributed by atoms with Gasteiger partial charge in [-0.15, -0.1) is 22.7 Å². The first-order valence-electron chi connectivity index (χ1n) is 12.1. The highest BCUT2D eigenvalue weighted by Crippen LogP contribution is 2.45. The molecule has 10 heteroatoms. The quantitative estimate of drug-likeness (QED) is 0.263. The van der Waals surface area contributed by atoms with Gasteiger partial charge in [0.25, 0.3) is 15.9 Å². The van der Waals surface area contributed by atoms with E-state index in [1.807, 2.05) is 18.2 Å². The summed E-state index contributed by atoms with van der Waals surface area (Å²) in [7, 11) is -1.67. The van der Waals surface area contributed by atoms with Gasteiger partial charge in [-0.05, 0) is 61.5 Å². The van der Waals surface area contributed by atoms with Crippen LogP contribution < -0.4 is 10.0 Å². The molecule has 0 saturated heterocycles. The van der Waals surface area contributed by atoms with Gasteiger partial charge in [0.05, 0.1) is 15.1 Å². The second-order valence-corrected chi connectivity index (χ2v) is 13.0. The maximum atomic E-state index is 13.4. The van der Waals surface area contributed by atoms with Crippen molar-refractivity contribution < 1.29 is 13.2 Å². The van der Waals surface area contributed by atoms with Gasteiger partial charge in [0.1, 0.15) is 10.0 Å². The summed E-state index contributed by atoms with van der Waals surface area (Å²) >= 11 is 3.21. The number of anilines is 2. The Morgan fingerprint density at radius 3 is 2.58 bits per heavy atom. The summed E-state index contributed by atoms with van der Waals surface area (Å²) in [6.07, 6.45) is 0.889. The summed E-state index contributed by atoms with van der Waals surface area (Å²) in [6, 6.07) is 22.7. The zero-order valence-electron chi connectivity index (χ0n) is 20.5. The normalized spacial score (nSPS) is 13.8. The number of hydrogen-bond acceptors (Lipinski definition) is 7. The number of carbonyl (C=O) groups is 1. The molecule has 0 fully saturated rings. The van der Waals surface area contributed by atoms with E-state index in [2.05, 4.69) is 28.1 Å². The Morgan fingerprint density at radius 2 is 1.76 bits per heavy atom. The van der Waals surface area contributed by atoms with E-state index in [0.29, 0.717) is 11.3 Å². The van der Waals surface area contributed by atoms with Crippen LogP contribution >= 0.6 is 22.7 Å². The number of likely N-dealkylation sites (N-methyl/N-ethyl adjacent to an activating group) is 1. The van der Waals surface area contributed by atoms with Crippen LogP contribution in [0.15, 0.2) is 83.8 Å². The second kappa shape index (κ2) is 9.95. The van der Waals surface area contributed by atoms with E-state index in [-0.39, 0.29) is 10.8 Å². The Hall–Kier alpha value is -3.57. The average Bonchev–Trinajstić information content (AvgIpc) is 3.49. The molecule has 0 spiro atoms. The molecule has 6 rings (SSSR count). The standard InChI is InChI=1S/C28H24N4O3S3/c1-32-15-14-21-24(17-32)37-28(25(21)27-29-22-12-5-6-13-23(22)36-27)30-26(33)18-8-7-9-19(16-18)31-38(34,35)20-10-3-2-4-11-20/h2-13,16,31H,14-15,17H2,1H3,(H,30,33). The highest BCUT2D eigenvalue weighted by molar-refractivity contribution is 7.92. The van der Waals surface area contributed by atoms with E-state index in [1.54, 1.807) is 65.1 Å². The molecular formula is C28H24N4O3S3. The largest absolute Gasteiger partial charge is 0.313 e. The van der Waals surface area contributed by atoms with Crippen molar-refractivity contribution in [3.8, 4) is 10.6 Å². The van der Waals surface area contributed by atoms with Crippen molar-refractivity contribution in [3.05, 3.63) is 94.9 Å². The summed E-state index contributed by atoms with van der Waals surface area (Å²) in [5.41, 5.74) is 3.86. The van der Waals surface area contributed by atoms with Gasteiger partial charge in [0.15, 0.2) is 0 Å². The number of thiophene rings is 1. The molecule has 7 nitrogen and oxygen atoms in total. The van der Waals surface area contributed by atoms with Crippen LogP contribution in [0.4, 0.5) is 10.7 Å². The first-order chi connectivity index (χ1) is 18.4. The lowest BCUT2D eigenvalue weighted by Crippen LogP contribution is -2.25. The van der Waals surface area contributed by atoms with Crippen molar-refractivity contribution in [3.63, 3.8) is 0 Å². The van der Waals surface area contributed by atoms with Crippen molar-refractivity contribution in [2.45, 2.75) is 17.9 Å². The molecule has 1 aliphatic heterocycles. The number of para-hydroxylation sites is 1. The van der Waals surface area contributed by atoms with Crippen LogP contribution in [0.2, 0.25) is 0 Å². The van der Waals surface area contributed by atoms with E-state index >= 15 is 0 Å². The van der Waals surface area contributed by atoms with E-state index < -0.39 is 10.0 Å². The number of fused-ring (bicyclic) bond motifs is 2. The molecule has 2 N–H and O–H groups in total. The molecule has 192 valence electrons. The van der Waals surface area contributed by atoms with Gasteiger partial charge in [-0.2, -0.15) is 0 Å². The fraction of sp³-hybridized carbons (Fsp3) is 0.143. The summed E-state index contributed by atoms with van der Waals surface area (Å²) in [5, 5.41) is 4.78.